The van der Waals surface area contributed by atoms with Gasteiger partial charge in [-0.05, 0) is 25.8 Å². The standard InChI is InChI=1S/C10H19ClFNO/c1-2-9(12)6-10(11,14)8-4-3-5-13-7-8/h8-9,13-14H,2-7H2,1H3/t8-,9?,10?/m1/s1. The third-order valence-electron chi connectivity index (χ3n) is 2.87. The second-order valence-corrected chi connectivity index (χ2v) is 4.73. The van der Waals surface area contributed by atoms with Crippen molar-refractivity contribution in [2.45, 2.75) is 43.8 Å². The molecule has 2 unspecified atom stereocenters. The van der Waals surface area contributed by atoms with Crippen LogP contribution in [-0.4, -0.2) is 29.4 Å². The summed E-state index contributed by atoms with van der Waals surface area (Å²) in [4.78, 5) is 0. The van der Waals surface area contributed by atoms with Crippen molar-refractivity contribution in [2.24, 2.45) is 5.92 Å². The maximum Gasteiger partial charge on any atom is 0.145 e. The lowest BCUT2D eigenvalue weighted by Crippen LogP contribution is -2.43. The van der Waals surface area contributed by atoms with E-state index in [1.807, 2.05) is 0 Å². The first-order chi connectivity index (χ1) is 6.56. The van der Waals surface area contributed by atoms with Crippen LogP contribution in [0, 0.1) is 5.92 Å². The molecule has 1 fully saturated rings. The van der Waals surface area contributed by atoms with E-state index < -0.39 is 11.2 Å². The van der Waals surface area contributed by atoms with Gasteiger partial charge in [-0.1, -0.05) is 18.5 Å². The number of hydrogen-bond acceptors (Lipinski definition) is 2. The maximum absolute atomic E-state index is 13.1. The number of nitrogens with one attached hydrogen (secondary N) is 1. The first-order valence-electron chi connectivity index (χ1n) is 5.32. The smallest absolute Gasteiger partial charge is 0.145 e. The Bertz CT molecular complexity index is 172. The third kappa shape index (κ3) is 3.37. The van der Waals surface area contributed by atoms with Gasteiger partial charge in [0.15, 0.2) is 0 Å². The highest BCUT2D eigenvalue weighted by Gasteiger charge is 2.37. The number of hydrogen-bond donors (Lipinski definition) is 2. The van der Waals surface area contributed by atoms with Gasteiger partial charge in [-0.25, -0.2) is 4.39 Å². The lowest BCUT2D eigenvalue weighted by Gasteiger charge is -2.34. The predicted molar refractivity (Wildman–Crippen MR) is 56.2 cm³/mol. The van der Waals surface area contributed by atoms with E-state index in [2.05, 4.69) is 5.32 Å². The Morgan fingerprint density at radius 2 is 2.43 bits per heavy atom. The average molecular weight is 224 g/mol. The zero-order valence-corrected chi connectivity index (χ0v) is 9.36. The fourth-order valence-electron chi connectivity index (χ4n) is 1.85. The summed E-state index contributed by atoms with van der Waals surface area (Å²) in [6, 6.07) is 0. The Kier molecular flexibility index (Phi) is 4.61. The van der Waals surface area contributed by atoms with E-state index in [0.29, 0.717) is 13.0 Å². The number of rotatable bonds is 4. The van der Waals surface area contributed by atoms with Crippen molar-refractivity contribution in [3.8, 4) is 0 Å². The van der Waals surface area contributed by atoms with Crippen LogP contribution in [0.5, 0.6) is 0 Å². The summed E-state index contributed by atoms with van der Waals surface area (Å²) in [5.74, 6) is -0.0253. The van der Waals surface area contributed by atoms with E-state index in [9.17, 15) is 9.50 Å². The van der Waals surface area contributed by atoms with E-state index >= 15 is 0 Å². The maximum atomic E-state index is 13.1. The van der Waals surface area contributed by atoms with Crippen LogP contribution in [0.25, 0.3) is 0 Å². The molecule has 1 aliphatic rings. The summed E-state index contributed by atoms with van der Waals surface area (Å²) in [6.45, 7) is 3.42. The minimum absolute atomic E-state index is 0.0253. The molecule has 0 aromatic carbocycles. The van der Waals surface area contributed by atoms with Crippen LogP contribution in [-0.2, 0) is 0 Å². The summed E-state index contributed by atoms with van der Waals surface area (Å²) in [5.41, 5.74) is 0. The van der Waals surface area contributed by atoms with Gasteiger partial charge >= 0.3 is 0 Å². The number of alkyl halides is 2. The molecule has 2 nitrogen and oxygen atoms in total. The molecule has 3 atom stereocenters. The first kappa shape index (κ1) is 12.2. The van der Waals surface area contributed by atoms with Gasteiger partial charge in [0.05, 0.1) is 0 Å². The number of halogens is 2. The highest BCUT2D eigenvalue weighted by molar-refractivity contribution is 6.22. The SMILES string of the molecule is CCC(F)CC(O)(Cl)[C@@H]1CCCNC1. The second-order valence-electron chi connectivity index (χ2n) is 4.07. The van der Waals surface area contributed by atoms with Gasteiger partial charge < -0.3 is 10.4 Å². The van der Waals surface area contributed by atoms with E-state index in [4.69, 9.17) is 11.6 Å². The Morgan fingerprint density at radius 3 is 2.93 bits per heavy atom. The van der Waals surface area contributed by atoms with Crippen molar-refractivity contribution in [1.29, 1.82) is 0 Å². The molecule has 0 radical (unpaired) electrons. The van der Waals surface area contributed by atoms with Crippen LogP contribution < -0.4 is 5.32 Å². The van der Waals surface area contributed by atoms with Gasteiger partial charge in [-0.3, -0.25) is 0 Å². The van der Waals surface area contributed by atoms with Crippen molar-refractivity contribution in [1.82, 2.24) is 5.32 Å². The molecular formula is C10H19ClFNO. The van der Waals surface area contributed by atoms with Crippen LogP contribution in [0.4, 0.5) is 4.39 Å². The van der Waals surface area contributed by atoms with Gasteiger partial charge in [0, 0.05) is 18.9 Å². The fraction of sp³-hybridized carbons (Fsp3) is 1.00. The molecule has 1 heterocycles. The molecule has 1 rings (SSSR count). The van der Waals surface area contributed by atoms with Gasteiger partial charge in [-0.2, -0.15) is 0 Å². The van der Waals surface area contributed by atoms with Crippen molar-refractivity contribution in [3.05, 3.63) is 0 Å². The molecule has 14 heavy (non-hydrogen) atoms. The van der Waals surface area contributed by atoms with Crippen molar-refractivity contribution >= 4 is 11.6 Å². The Balaban J connectivity index is 2.45. The molecule has 0 saturated carbocycles. The molecule has 84 valence electrons. The normalized spacial score (nSPS) is 29.6. The second kappa shape index (κ2) is 5.29. The monoisotopic (exact) mass is 223 g/mol. The highest BCUT2D eigenvalue weighted by Crippen LogP contribution is 2.33. The molecule has 4 heteroatoms. The molecule has 0 aromatic heterocycles. The molecule has 0 bridgehead atoms. The van der Waals surface area contributed by atoms with Gasteiger partial charge in [-0.15, -0.1) is 0 Å². The van der Waals surface area contributed by atoms with Crippen LogP contribution in [0.3, 0.4) is 0 Å². The zero-order chi connectivity index (χ0) is 10.6. The molecule has 2 N–H and O–H groups in total. The average Bonchev–Trinajstić information content (AvgIpc) is 2.18. The summed E-state index contributed by atoms with van der Waals surface area (Å²) >= 11 is 5.96. The van der Waals surface area contributed by atoms with Crippen molar-refractivity contribution < 1.29 is 9.50 Å². The summed E-state index contributed by atoms with van der Waals surface area (Å²) < 4.78 is 13.1. The quantitative estimate of drug-likeness (QED) is 0.715. The van der Waals surface area contributed by atoms with Crippen LogP contribution in [0.2, 0.25) is 0 Å². The molecule has 0 spiro atoms. The summed E-state index contributed by atoms with van der Waals surface area (Å²) in [6.07, 6.45) is 1.33. The van der Waals surface area contributed by atoms with Crippen LogP contribution >= 0.6 is 11.6 Å². The number of aliphatic hydroxyl groups is 1. The Labute approximate surface area is 89.8 Å². The number of piperidine rings is 1. The third-order valence-corrected chi connectivity index (χ3v) is 3.34. The Morgan fingerprint density at radius 1 is 1.71 bits per heavy atom. The zero-order valence-electron chi connectivity index (χ0n) is 8.60. The van der Waals surface area contributed by atoms with Crippen LogP contribution in [0.1, 0.15) is 32.6 Å². The molecule has 0 aromatic rings. The summed E-state index contributed by atoms with van der Waals surface area (Å²) in [7, 11) is 0. The fourth-order valence-corrected chi connectivity index (χ4v) is 2.20. The lowest BCUT2D eigenvalue weighted by atomic mass is 9.90. The van der Waals surface area contributed by atoms with Gasteiger partial charge in [0.25, 0.3) is 0 Å². The first-order valence-corrected chi connectivity index (χ1v) is 5.70. The highest BCUT2D eigenvalue weighted by atomic mass is 35.5. The van der Waals surface area contributed by atoms with E-state index in [-0.39, 0.29) is 12.3 Å². The predicted octanol–water partition coefficient (Wildman–Crippen LogP) is 2.05. The molecular weight excluding hydrogens is 205 g/mol. The largest absolute Gasteiger partial charge is 0.375 e. The lowest BCUT2D eigenvalue weighted by molar-refractivity contribution is 0.0210. The van der Waals surface area contributed by atoms with E-state index in [1.54, 1.807) is 6.92 Å². The topological polar surface area (TPSA) is 32.3 Å². The van der Waals surface area contributed by atoms with E-state index in [1.165, 1.54) is 0 Å². The van der Waals surface area contributed by atoms with Gasteiger partial charge in [0.2, 0.25) is 0 Å². The molecule has 0 aliphatic carbocycles. The minimum Gasteiger partial charge on any atom is -0.375 e. The Hall–Kier alpha value is 0.140. The molecule has 1 saturated heterocycles. The van der Waals surface area contributed by atoms with E-state index in [0.717, 1.165) is 19.4 Å². The summed E-state index contributed by atoms with van der Waals surface area (Å²) in [5, 5.41) is 11.7. The van der Waals surface area contributed by atoms with Crippen molar-refractivity contribution in [3.63, 3.8) is 0 Å². The molecule has 0 amide bonds. The minimum atomic E-state index is -1.37. The van der Waals surface area contributed by atoms with Crippen molar-refractivity contribution in [2.75, 3.05) is 13.1 Å². The van der Waals surface area contributed by atoms with Crippen LogP contribution in [0.15, 0.2) is 0 Å². The molecule has 1 aliphatic heterocycles. The van der Waals surface area contributed by atoms with Gasteiger partial charge in [0.1, 0.15) is 11.2 Å².